The van der Waals surface area contributed by atoms with Crippen molar-refractivity contribution in [3.05, 3.63) is 45.1 Å². The van der Waals surface area contributed by atoms with Crippen molar-refractivity contribution in [1.29, 1.82) is 0 Å². The predicted molar refractivity (Wildman–Crippen MR) is 104 cm³/mol. The zero-order valence-corrected chi connectivity index (χ0v) is 15.6. The molecule has 0 saturated carbocycles. The van der Waals surface area contributed by atoms with Gasteiger partial charge in [0.25, 0.3) is 5.91 Å². The molecule has 0 atom stereocenters. The third kappa shape index (κ3) is 4.48. The van der Waals surface area contributed by atoms with Gasteiger partial charge in [-0.05, 0) is 68.0 Å². The molecule has 5 heteroatoms. The van der Waals surface area contributed by atoms with E-state index in [1.54, 1.807) is 11.3 Å². The lowest BCUT2D eigenvalue weighted by Crippen LogP contribution is -2.11. The molecule has 2 N–H and O–H groups in total. The van der Waals surface area contributed by atoms with Crippen LogP contribution in [0.15, 0.2) is 24.3 Å². The number of aryl methyl sites for hydroxylation is 3. The molecule has 2 amide bonds. The molecular weight excluding hydrogens is 332 g/mol. The first-order valence-corrected chi connectivity index (χ1v) is 9.66. The quantitative estimate of drug-likeness (QED) is 0.819. The second-order valence-electron chi connectivity index (χ2n) is 6.64. The van der Waals surface area contributed by atoms with Gasteiger partial charge in [-0.1, -0.05) is 12.8 Å². The summed E-state index contributed by atoms with van der Waals surface area (Å²) in [6, 6.07) is 7.59. The number of amides is 2. The van der Waals surface area contributed by atoms with Gasteiger partial charge in [-0.3, -0.25) is 9.59 Å². The highest BCUT2D eigenvalue weighted by molar-refractivity contribution is 7.14. The van der Waals surface area contributed by atoms with Crippen LogP contribution < -0.4 is 10.6 Å². The van der Waals surface area contributed by atoms with E-state index >= 15 is 0 Å². The van der Waals surface area contributed by atoms with Crippen molar-refractivity contribution in [3.8, 4) is 0 Å². The van der Waals surface area contributed by atoms with Crippen LogP contribution in [0.5, 0.6) is 0 Å². The zero-order chi connectivity index (χ0) is 17.8. The monoisotopic (exact) mass is 356 g/mol. The normalized spacial score (nSPS) is 14.2. The highest BCUT2D eigenvalue weighted by Gasteiger charge is 2.16. The minimum absolute atomic E-state index is 0.0524. The summed E-state index contributed by atoms with van der Waals surface area (Å²) in [6.45, 7) is 3.40. The smallest absolute Gasteiger partial charge is 0.265 e. The second kappa shape index (κ2) is 7.83. The molecule has 25 heavy (non-hydrogen) atoms. The number of benzene rings is 1. The van der Waals surface area contributed by atoms with E-state index in [0.29, 0.717) is 0 Å². The molecule has 132 valence electrons. The van der Waals surface area contributed by atoms with Crippen LogP contribution in [0.25, 0.3) is 0 Å². The number of fused-ring (bicyclic) bond motifs is 1. The first kappa shape index (κ1) is 17.7. The van der Waals surface area contributed by atoms with Gasteiger partial charge in [0, 0.05) is 23.2 Å². The molecule has 0 saturated heterocycles. The van der Waals surface area contributed by atoms with Crippen LogP contribution in [0.2, 0.25) is 0 Å². The van der Waals surface area contributed by atoms with E-state index in [1.165, 1.54) is 43.0 Å². The Morgan fingerprint density at radius 3 is 2.48 bits per heavy atom. The maximum absolute atomic E-state index is 12.6. The predicted octanol–water partition coefficient (Wildman–Crippen LogP) is 4.93. The standard InChI is InChI=1S/C20H24N2O2S/c1-13-11-16(9-10-17(13)21-14(2)23)22-20(24)19-12-15-7-5-3-4-6-8-18(15)25-19/h9-12H,3-8H2,1-2H3,(H,21,23)(H,22,24). The van der Waals surface area contributed by atoms with Crippen molar-refractivity contribution in [3.63, 3.8) is 0 Å². The molecule has 3 rings (SSSR count). The Kier molecular flexibility index (Phi) is 5.53. The SMILES string of the molecule is CC(=O)Nc1ccc(NC(=O)c2cc3c(s2)CCCCCC3)cc1C. The van der Waals surface area contributed by atoms with Crippen molar-refractivity contribution in [1.82, 2.24) is 0 Å². The van der Waals surface area contributed by atoms with Crippen molar-refractivity contribution < 1.29 is 9.59 Å². The third-order valence-corrected chi connectivity index (χ3v) is 5.75. The molecule has 0 fully saturated rings. The summed E-state index contributed by atoms with van der Waals surface area (Å²) in [5.74, 6) is -0.153. The van der Waals surface area contributed by atoms with E-state index in [1.807, 2.05) is 25.1 Å². The van der Waals surface area contributed by atoms with Crippen molar-refractivity contribution in [2.45, 2.75) is 52.4 Å². The fourth-order valence-corrected chi connectivity index (χ4v) is 4.37. The largest absolute Gasteiger partial charge is 0.326 e. The molecule has 0 bridgehead atoms. The van der Waals surface area contributed by atoms with Gasteiger partial charge >= 0.3 is 0 Å². The van der Waals surface area contributed by atoms with E-state index in [4.69, 9.17) is 0 Å². The lowest BCUT2D eigenvalue weighted by atomic mass is 10.00. The van der Waals surface area contributed by atoms with Crippen LogP contribution in [0.3, 0.4) is 0 Å². The van der Waals surface area contributed by atoms with Crippen LogP contribution >= 0.6 is 11.3 Å². The number of nitrogens with one attached hydrogen (secondary N) is 2. The first-order valence-electron chi connectivity index (χ1n) is 8.84. The molecule has 1 aliphatic rings. The molecule has 0 radical (unpaired) electrons. The fraction of sp³-hybridized carbons (Fsp3) is 0.400. The van der Waals surface area contributed by atoms with E-state index in [-0.39, 0.29) is 11.8 Å². The molecule has 0 spiro atoms. The molecule has 1 heterocycles. The molecule has 1 aromatic heterocycles. The van der Waals surface area contributed by atoms with Gasteiger partial charge in [0.2, 0.25) is 5.91 Å². The Morgan fingerprint density at radius 2 is 1.76 bits per heavy atom. The molecule has 0 aliphatic heterocycles. The summed E-state index contributed by atoms with van der Waals surface area (Å²) in [5, 5.41) is 5.76. The number of hydrogen-bond donors (Lipinski definition) is 2. The Hall–Kier alpha value is -2.14. The van der Waals surface area contributed by atoms with E-state index in [2.05, 4.69) is 16.7 Å². The summed E-state index contributed by atoms with van der Waals surface area (Å²) >= 11 is 1.63. The summed E-state index contributed by atoms with van der Waals surface area (Å²) in [4.78, 5) is 26.0. The minimum Gasteiger partial charge on any atom is -0.326 e. The van der Waals surface area contributed by atoms with Gasteiger partial charge in [0.1, 0.15) is 0 Å². The summed E-state index contributed by atoms with van der Waals surface area (Å²) < 4.78 is 0. The first-order chi connectivity index (χ1) is 12.0. The Labute approximate surface area is 152 Å². The van der Waals surface area contributed by atoms with Gasteiger partial charge in [-0.25, -0.2) is 0 Å². The third-order valence-electron chi connectivity index (χ3n) is 4.52. The van der Waals surface area contributed by atoms with Gasteiger partial charge in [0.15, 0.2) is 0 Å². The Balaban J connectivity index is 1.73. The molecular formula is C20H24N2O2S. The van der Waals surface area contributed by atoms with E-state index < -0.39 is 0 Å². The highest BCUT2D eigenvalue weighted by Crippen LogP contribution is 2.29. The van der Waals surface area contributed by atoms with Gasteiger partial charge in [-0.2, -0.15) is 0 Å². The van der Waals surface area contributed by atoms with Crippen molar-refractivity contribution >= 4 is 34.5 Å². The zero-order valence-electron chi connectivity index (χ0n) is 14.8. The average molecular weight is 356 g/mol. The number of thiophene rings is 1. The van der Waals surface area contributed by atoms with Crippen molar-refractivity contribution in [2.24, 2.45) is 0 Å². The van der Waals surface area contributed by atoms with Crippen LogP contribution in [0, 0.1) is 6.92 Å². The fourth-order valence-electron chi connectivity index (χ4n) is 3.22. The maximum Gasteiger partial charge on any atom is 0.265 e. The summed E-state index contributed by atoms with van der Waals surface area (Å²) in [7, 11) is 0. The number of carbonyl (C=O) groups is 2. The number of anilines is 2. The average Bonchev–Trinajstić information content (AvgIpc) is 2.92. The van der Waals surface area contributed by atoms with Gasteiger partial charge in [-0.15, -0.1) is 11.3 Å². The van der Waals surface area contributed by atoms with E-state index in [0.717, 1.165) is 34.7 Å². The lowest BCUT2D eigenvalue weighted by molar-refractivity contribution is -0.114. The number of hydrogen-bond acceptors (Lipinski definition) is 3. The molecule has 1 aromatic carbocycles. The summed E-state index contributed by atoms with van der Waals surface area (Å²) in [6.07, 6.45) is 7.20. The summed E-state index contributed by atoms with van der Waals surface area (Å²) in [5.41, 5.74) is 3.79. The Bertz CT molecular complexity index is 769. The van der Waals surface area contributed by atoms with Gasteiger partial charge < -0.3 is 10.6 Å². The maximum atomic E-state index is 12.6. The number of rotatable bonds is 3. The van der Waals surface area contributed by atoms with Gasteiger partial charge in [0.05, 0.1) is 4.88 Å². The topological polar surface area (TPSA) is 58.2 Å². The molecule has 1 aliphatic carbocycles. The minimum atomic E-state index is -0.101. The molecule has 0 unspecified atom stereocenters. The molecule has 2 aromatic rings. The second-order valence-corrected chi connectivity index (χ2v) is 7.78. The Morgan fingerprint density at radius 1 is 1.00 bits per heavy atom. The van der Waals surface area contributed by atoms with Crippen LogP contribution in [-0.2, 0) is 17.6 Å². The highest BCUT2D eigenvalue weighted by atomic mass is 32.1. The lowest BCUT2D eigenvalue weighted by Gasteiger charge is -2.09. The van der Waals surface area contributed by atoms with Crippen LogP contribution in [0.4, 0.5) is 11.4 Å². The molecule has 4 nitrogen and oxygen atoms in total. The van der Waals surface area contributed by atoms with Crippen molar-refractivity contribution in [2.75, 3.05) is 10.6 Å². The van der Waals surface area contributed by atoms with Crippen LogP contribution in [-0.4, -0.2) is 11.8 Å². The van der Waals surface area contributed by atoms with Crippen LogP contribution in [0.1, 0.15) is 58.3 Å². The number of carbonyl (C=O) groups excluding carboxylic acids is 2. The van der Waals surface area contributed by atoms with E-state index in [9.17, 15) is 9.59 Å².